The number of carbonyl (C=O) groups is 3. The zero-order valence-electron chi connectivity index (χ0n) is 16.8. The Morgan fingerprint density at radius 3 is 2.29 bits per heavy atom. The molecule has 6 heteroatoms. The van der Waals surface area contributed by atoms with E-state index in [9.17, 15) is 14.4 Å². The summed E-state index contributed by atoms with van der Waals surface area (Å²) in [6.45, 7) is -0.0782. The summed E-state index contributed by atoms with van der Waals surface area (Å²) in [5, 5.41) is 0. The maximum atomic E-state index is 13.1. The van der Waals surface area contributed by atoms with Crippen LogP contribution < -0.4 is 9.64 Å². The third-order valence-corrected chi connectivity index (χ3v) is 4.97. The van der Waals surface area contributed by atoms with Gasteiger partial charge in [-0.3, -0.25) is 19.3 Å². The van der Waals surface area contributed by atoms with E-state index in [2.05, 4.69) is 0 Å². The third kappa shape index (κ3) is 4.64. The first-order chi connectivity index (χ1) is 15.1. The van der Waals surface area contributed by atoms with Gasteiger partial charge in [0.2, 0.25) is 11.7 Å². The smallest absolute Gasteiger partial charge is 0.327 e. The van der Waals surface area contributed by atoms with Crippen LogP contribution in [0.4, 0.5) is 5.69 Å². The van der Waals surface area contributed by atoms with Gasteiger partial charge in [0.15, 0.2) is 6.10 Å². The SMILES string of the molecule is O=C(CN1C(=O)CCOc2ccccc21)O[C@H](C(=O)c1ccccc1)c1ccccc1. The molecule has 156 valence electrons. The summed E-state index contributed by atoms with van der Waals surface area (Å²) in [5.41, 5.74) is 1.51. The zero-order valence-corrected chi connectivity index (χ0v) is 16.8. The van der Waals surface area contributed by atoms with Crippen molar-refractivity contribution in [2.24, 2.45) is 0 Å². The molecular formula is C25H21NO5. The lowest BCUT2D eigenvalue weighted by atomic mass is 10.00. The topological polar surface area (TPSA) is 72.9 Å². The van der Waals surface area contributed by atoms with Crippen molar-refractivity contribution in [1.82, 2.24) is 0 Å². The largest absolute Gasteiger partial charge is 0.491 e. The van der Waals surface area contributed by atoms with E-state index in [4.69, 9.17) is 9.47 Å². The number of esters is 1. The van der Waals surface area contributed by atoms with Crippen LogP contribution in [-0.2, 0) is 14.3 Å². The molecule has 0 radical (unpaired) electrons. The van der Waals surface area contributed by atoms with Crippen molar-refractivity contribution in [1.29, 1.82) is 0 Å². The standard InChI is InChI=1S/C25H21NO5/c27-22-15-16-30-21-14-8-7-13-20(21)26(22)17-23(28)31-25(19-11-5-2-6-12-19)24(29)18-9-3-1-4-10-18/h1-14,25H,15-17H2/t25-/m0/s1. The average molecular weight is 415 g/mol. The number of para-hydroxylation sites is 2. The molecule has 4 rings (SSSR count). The molecule has 3 aromatic rings. The van der Waals surface area contributed by atoms with Gasteiger partial charge < -0.3 is 9.47 Å². The molecule has 0 unspecified atom stereocenters. The van der Waals surface area contributed by atoms with E-state index < -0.39 is 12.1 Å². The molecule has 1 heterocycles. The Labute approximate surface area is 180 Å². The van der Waals surface area contributed by atoms with Gasteiger partial charge in [-0.15, -0.1) is 0 Å². The minimum absolute atomic E-state index is 0.146. The highest BCUT2D eigenvalue weighted by molar-refractivity contribution is 6.02. The number of benzene rings is 3. The van der Waals surface area contributed by atoms with Gasteiger partial charge in [-0.05, 0) is 12.1 Å². The molecule has 1 aliphatic rings. The van der Waals surface area contributed by atoms with Crippen LogP contribution in [-0.4, -0.2) is 30.8 Å². The van der Waals surface area contributed by atoms with Crippen LogP contribution in [0, 0.1) is 0 Å². The number of ketones is 1. The van der Waals surface area contributed by atoms with Gasteiger partial charge in [0.05, 0.1) is 18.7 Å². The lowest BCUT2D eigenvalue weighted by molar-refractivity contribution is -0.146. The molecule has 0 bridgehead atoms. The van der Waals surface area contributed by atoms with Crippen molar-refractivity contribution in [3.05, 3.63) is 96.1 Å². The Hall–Kier alpha value is -3.93. The Kier molecular flexibility index (Phi) is 6.08. The highest BCUT2D eigenvalue weighted by atomic mass is 16.5. The molecule has 0 fully saturated rings. The van der Waals surface area contributed by atoms with Crippen LogP contribution in [0.2, 0.25) is 0 Å². The first kappa shape index (κ1) is 20.3. The number of anilines is 1. The molecule has 0 spiro atoms. The van der Waals surface area contributed by atoms with Gasteiger partial charge in [0.25, 0.3) is 0 Å². The maximum absolute atomic E-state index is 13.1. The number of nitrogens with zero attached hydrogens (tertiary/aromatic N) is 1. The number of hydrogen-bond donors (Lipinski definition) is 0. The fourth-order valence-corrected chi connectivity index (χ4v) is 3.45. The molecule has 3 aromatic carbocycles. The highest BCUT2D eigenvalue weighted by Crippen LogP contribution is 2.31. The van der Waals surface area contributed by atoms with Gasteiger partial charge in [0.1, 0.15) is 12.3 Å². The van der Waals surface area contributed by atoms with Crippen molar-refractivity contribution in [2.75, 3.05) is 18.1 Å². The van der Waals surface area contributed by atoms with Crippen LogP contribution in [0.1, 0.15) is 28.4 Å². The fraction of sp³-hybridized carbons (Fsp3) is 0.160. The second kappa shape index (κ2) is 9.26. The molecule has 0 aliphatic carbocycles. The molecule has 0 aromatic heterocycles. The van der Waals surface area contributed by atoms with E-state index in [0.29, 0.717) is 22.6 Å². The summed E-state index contributed by atoms with van der Waals surface area (Å²) < 4.78 is 11.2. The Morgan fingerprint density at radius 1 is 0.903 bits per heavy atom. The van der Waals surface area contributed by atoms with Crippen molar-refractivity contribution in [3.8, 4) is 5.75 Å². The first-order valence-electron chi connectivity index (χ1n) is 9.99. The van der Waals surface area contributed by atoms with Crippen LogP contribution in [0.15, 0.2) is 84.9 Å². The number of hydrogen-bond acceptors (Lipinski definition) is 5. The highest BCUT2D eigenvalue weighted by Gasteiger charge is 2.30. The summed E-state index contributed by atoms with van der Waals surface area (Å²) in [6.07, 6.45) is -0.961. The number of amides is 1. The second-order valence-corrected chi connectivity index (χ2v) is 7.06. The van der Waals surface area contributed by atoms with Crippen LogP contribution in [0.3, 0.4) is 0 Å². The molecular weight excluding hydrogens is 394 g/mol. The zero-order chi connectivity index (χ0) is 21.6. The molecule has 1 aliphatic heterocycles. The molecule has 1 amide bonds. The van der Waals surface area contributed by atoms with Crippen molar-refractivity contribution >= 4 is 23.3 Å². The minimum atomic E-state index is -1.11. The van der Waals surface area contributed by atoms with Crippen LogP contribution in [0.5, 0.6) is 5.75 Å². The monoisotopic (exact) mass is 415 g/mol. The quantitative estimate of drug-likeness (QED) is 0.450. The van der Waals surface area contributed by atoms with E-state index in [1.54, 1.807) is 72.8 Å². The van der Waals surface area contributed by atoms with Gasteiger partial charge in [-0.1, -0.05) is 72.8 Å². The number of Topliss-reactive ketones (excluding diaryl/α,β-unsaturated/α-hetero) is 1. The van der Waals surface area contributed by atoms with Crippen LogP contribution in [0.25, 0.3) is 0 Å². The summed E-state index contributed by atoms with van der Waals surface area (Å²) >= 11 is 0. The molecule has 0 saturated carbocycles. The van der Waals surface area contributed by atoms with Gasteiger partial charge in [0, 0.05) is 11.1 Å². The Morgan fingerprint density at radius 2 is 1.55 bits per heavy atom. The van der Waals surface area contributed by atoms with Crippen LogP contribution >= 0.6 is 0 Å². The third-order valence-electron chi connectivity index (χ3n) is 4.97. The normalized spacial score (nSPS) is 14.1. The molecule has 1 atom stereocenters. The predicted molar refractivity (Wildman–Crippen MR) is 115 cm³/mol. The Bertz CT molecular complexity index is 1080. The van der Waals surface area contributed by atoms with E-state index in [-0.39, 0.29) is 31.3 Å². The van der Waals surface area contributed by atoms with Crippen molar-refractivity contribution < 1.29 is 23.9 Å². The lowest BCUT2D eigenvalue weighted by Crippen LogP contribution is -2.37. The molecule has 6 nitrogen and oxygen atoms in total. The van der Waals surface area contributed by atoms with Crippen molar-refractivity contribution in [3.63, 3.8) is 0 Å². The van der Waals surface area contributed by atoms with Gasteiger partial charge in [-0.25, -0.2) is 0 Å². The molecule has 31 heavy (non-hydrogen) atoms. The molecule has 0 saturated heterocycles. The number of carbonyl (C=O) groups excluding carboxylic acids is 3. The average Bonchev–Trinajstić information content (AvgIpc) is 2.97. The van der Waals surface area contributed by atoms with E-state index in [1.165, 1.54) is 4.90 Å². The fourth-order valence-electron chi connectivity index (χ4n) is 3.45. The first-order valence-corrected chi connectivity index (χ1v) is 9.99. The second-order valence-electron chi connectivity index (χ2n) is 7.06. The Balaban J connectivity index is 1.58. The summed E-state index contributed by atoms with van der Waals surface area (Å²) in [7, 11) is 0. The van der Waals surface area contributed by atoms with E-state index in [0.717, 1.165) is 0 Å². The minimum Gasteiger partial charge on any atom is -0.491 e. The number of ether oxygens (including phenoxy) is 2. The maximum Gasteiger partial charge on any atom is 0.327 e. The molecule has 0 N–H and O–H groups in total. The van der Waals surface area contributed by atoms with E-state index in [1.807, 2.05) is 12.1 Å². The summed E-state index contributed by atoms with van der Waals surface area (Å²) in [5.74, 6) is -0.720. The van der Waals surface area contributed by atoms with Crippen molar-refractivity contribution in [2.45, 2.75) is 12.5 Å². The summed E-state index contributed by atoms with van der Waals surface area (Å²) in [4.78, 5) is 39.9. The lowest BCUT2D eigenvalue weighted by Gasteiger charge is -2.23. The predicted octanol–water partition coefficient (Wildman–Crippen LogP) is 3.97. The van der Waals surface area contributed by atoms with Gasteiger partial charge in [-0.2, -0.15) is 0 Å². The number of fused-ring (bicyclic) bond motifs is 1. The van der Waals surface area contributed by atoms with E-state index >= 15 is 0 Å². The van der Waals surface area contributed by atoms with Gasteiger partial charge >= 0.3 is 5.97 Å². The summed E-state index contributed by atoms with van der Waals surface area (Å²) in [6, 6.07) is 24.6. The number of rotatable bonds is 6.